The van der Waals surface area contributed by atoms with Gasteiger partial charge in [0.2, 0.25) is 0 Å². The van der Waals surface area contributed by atoms with Crippen LogP contribution in [0.2, 0.25) is 0 Å². The average molecular weight is 445 g/mol. The first-order valence-corrected chi connectivity index (χ1v) is 10.4. The van der Waals surface area contributed by atoms with Crippen molar-refractivity contribution in [2.24, 2.45) is 5.11 Å². The Morgan fingerprint density at radius 2 is 2.30 bits per heavy atom. The molecule has 2 saturated heterocycles. The van der Waals surface area contributed by atoms with Gasteiger partial charge >= 0.3 is 19.5 Å². The van der Waals surface area contributed by atoms with Crippen molar-refractivity contribution >= 4 is 13.8 Å². The van der Waals surface area contributed by atoms with E-state index in [1.807, 2.05) is 0 Å². The van der Waals surface area contributed by atoms with Gasteiger partial charge in [-0.25, -0.2) is 14.2 Å². The molecule has 14 nitrogen and oxygen atoms in total. The van der Waals surface area contributed by atoms with Crippen LogP contribution in [-0.2, 0) is 32.4 Å². The number of nitrogens with one attached hydrogen (secondary N) is 1. The number of phosphoric acid groups is 1. The topological polar surface area (TPSA) is 184 Å². The van der Waals surface area contributed by atoms with Crippen LogP contribution in [-0.4, -0.2) is 52.6 Å². The molecule has 6 atom stereocenters. The summed E-state index contributed by atoms with van der Waals surface area (Å²) in [6, 6.07) is 1.09. The van der Waals surface area contributed by atoms with E-state index in [0.29, 0.717) is 0 Å². The molecule has 0 saturated carbocycles. The predicted molar refractivity (Wildman–Crippen MR) is 98.4 cm³/mol. The second kappa shape index (κ2) is 8.34. The smallest absolute Gasteiger partial charge is 0.464 e. The van der Waals surface area contributed by atoms with E-state index in [1.54, 1.807) is 6.92 Å². The van der Waals surface area contributed by atoms with Gasteiger partial charge in [0.05, 0.1) is 13.2 Å². The van der Waals surface area contributed by atoms with E-state index in [9.17, 15) is 18.9 Å². The predicted octanol–water partition coefficient (Wildman–Crippen LogP) is 0.995. The van der Waals surface area contributed by atoms with Crippen LogP contribution < -0.4 is 11.2 Å². The van der Waals surface area contributed by atoms with Gasteiger partial charge in [-0.1, -0.05) is 5.11 Å². The minimum absolute atomic E-state index is 0.0989. The molecule has 2 unspecified atom stereocenters. The van der Waals surface area contributed by atoms with Gasteiger partial charge in [0.15, 0.2) is 12.3 Å². The van der Waals surface area contributed by atoms with E-state index in [4.69, 9.17) is 28.6 Å². The highest BCUT2D eigenvalue weighted by atomic mass is 31.2. The molecule has 3 heterocycles. The van der Waals surface area contributed by atoms with E-state index in [1.165, 1.54) is 20.0 Å². The third-order valence-electron chi connectivity index (χ3n) is 4.63. The van der Waals surface area contributed by atoms with Crippen molar-refractivity contribution in [1.82, 2.24) is 9.55 Å². The zero-order valence-corrected chi connectivity index (χ0v) is 17.2. The van der Waals surface area contributed by atoms with Gasteiger partial charge in [-0.05, 0) is 26.3 Å². The summed E-state index contributed by atoms with van der Waals surface area (Å²) in [6.07, 6.45) is -3.31. The van der Waals surface area contributed by atoms with Gasteiger partial charge in [-0.2, -0.15) is 0 Å². The largest absolute Gasteiger partial charge is 0.476 e. The highest BCUT2D eigenvalue weighted by Crippen LogP contribution is 2.60. The number of nitrogens with zero attached hydrogens (tertiary/aromatic N) is 4. The SMILES string of the molecule is CCOC(=O)C(C)OP1(=O)OC[C@H]2O[C@@H](n3ccc(=O)[nH]c3=O)[C@](C)(N=[N+]=[N-])[C@@H]2O1. The fourth-order valence-electron chi connectivity index (χ4n) is 3.24. The number of esters is 1. The van der Waals surface area contributed by atoms with Gasteiger partial charge in [0, 0.05) is 17.2 Å². The lowest BCUT2D eigenvalue weighted by Crippen LogP contribution is -2.48. The minimum atomic E-state index is -4.27. The van der Waals surface area contributed by atoms with Crippen LogP contribution in [0.4, 0.5) is 0 Å². The summed E-state index contributed by atoms with van der Waals surface area (Å²) in [5, 5.41) is 3.73. The molecule has 164 valence electrons. The zero-order chi connectivity index (χ0) is 22.1. The molecule has 1 aromatic heterocycles. The van der Waals surface area contributed by atoms with Crippen molar-refractivity contribution in [3.63, 3.8) is 0 Å². The fraction of sp³-hybridized carbons (Fsp3) is 0.667. The molecule has 1 aromatic rings. The third kappa shape index (κ3) is 4.06. The van der Waals surface area contributed by atoms with E-state index in [-0.39, 0.29) is 13.2 Å². The van der Waals surface area contributed by atoms with Gasteiger partial charge < -0.3 is 9.47 Å². The molecule has 0 aromatic carbocycles. The summed E-state index contributed by atoms with van der Waals surface area (Å²) in [6.45, 7) is 4.16. The summed E-state index contributed by atoms with van der Waals surface area (Å²) in [7, 11) is -4.27. The van der Waals surface area contributed by atoms with Crippen molar-refractivity contribution in [2.45, 2.75) is 50.8 Å². The number of ether oxygens (including phenoxy) is 2. The summed E-state index contributed by atoms with van der Waals surface area (Å²) in [4.78, 5) is 40.2. The van der Waals surface area contributed by atoms with Crippen LogP contribution >= 0.6 is 7.82 Å². The molecule has 2 aliphatic rings. The van der Waals surface area contributed by atoms with Gasteiger partial charge in [0.1, 0.15) is 17.7 Å². The van der Waals surface area contributed by atoms with Gasteiger partial charge in [-0.15, -0.1) is 0 Å². The number of aromatic amines is 1. The Balaban J connectivity index is 1.91. The second-order valence-corrected chi connectivity index (χ2v) is 8.30. The summed E-state index contributed by atoms with van der Waals surface area (Å²) >= 11 is 0. The third-order valence-corrected chi connectivity index (χ3v) is 6.15. The van der Waals surface area contributed by atoms with Crippen molar-refractivity contribution < 1.29 is 32.4 Å². The van der Waals surface area contributed by atoms with E-state index < -0.39 is 55.1 Å². The number of azide groups is 1. The molecule has 30 heavy (non-hydrogen) atoms. The Hall–Kier alpha value is -2.47. The molecule has 2 fully saturated rings. The number of rotatable bonds is 6. The monoisotopic (exact) mass is 445 g/mol. The number of carbonyl (C=O) groups is 1. The van der Waals surface area contributed by atoms with Crippen molar-refractivity contribution in [1.29, 1.82) is 0 Å². The normalized spacial score (nSPS) is 33.9. The van der Waals surface area contributed by atoms with Crippen molar-refractivity contribution in [2.75, 3.05) is 13.2 Å². The van der Waals surface area contributed by atoms with Crippen LogP contribution in [0.1, 0.15) is 27.0 Å². The van der Waals surface area contributed by atoms with E-state index >= 15 is 0 Å². The van der Waals surface area contributed by atoms with Crippen molar-refractivity contribution in [3.05, 3.63) is 43.5 Å². The number of H-pyrrole nitrogens is 1. The fourth-order valence-corrected chi connectivity index (χ4v) is 4.84. The number of hydrogen-bond donors (Lipinski definition) is 1. The molecule has 2 aliphatic heterocycles. The standard InChI is InChI=1S/C15H20N5O9P/c1-4-25-12(22)8(2)28-30(24)26-7-9-11(29-30)15(3,18-19-16)13(27-9)20-6-5-10(21)17-14(20)23/h5-6,8-9,11,13H,4,7H2,1-3H3,(H,17,21,23)/t8?,9-,11-,13-,15-,30?/m1/s1. The van der Waals surface area contributed by atoms with Gasteiger partial charge in [0.25, 0.3) is 5.56 Å². The molecule has 0 radical (unpaired) electrons. The van der Waals surface area contributed by atoms with Crippen LogP contribution in [0.25, 0.3) is 10.4 Å². The molecular weight excluding hydrogens is 425 g/mol. The lowest BCUT2D eigenvalue weighted by Gasteiger charge is -2.35. The lowest BCUT2D eigenvalue weighted by molar-refractivity contribution is -0.153. The zero-order valence-electron chi connectivity index (χ0n) is 16.3. The quantitative estimate of drug-likeness (QED) is 0.219. The van der Waals surface area contributed by atoms with E-state index in [0.717, 1.165) is 10.6 Å². The molecule has 1 N–H and O–H groups in total. The minimum Gasteiger partial charge on any atom is -0.464 e. The summed E-state index contributed by atoms with van der Waals surface area (Å²) in [5.74, 6) is -0.764. The highest BCUT2D eigenvalue weighted by molar-refractivity contribution is 7.48. The maximum Gasteiger partial charge on any atom is 0.476 e. The first kappa shape index (κ1) is 22.2. The number of aromatic nitrogens is 2. The molecular formula is C15H20N5O9P. The van der Waals surface area contributed by atoms with Crippen LogP contribution in [0.15, 0.2) is 27.0 Å². The molecule has 0 spiro atoms. The Morgan fingerprint density at radius 3 is 2.93 bits per heavy atom. The molecule has 15 heteroatoms. The average Bonchev–Trinajstić information content (AvgIpc) is 2.94. The maximum atomic E-state index is 13.0. The summed E-state index contributed by atoms with van der Waals surface area (Å²) < 4.78 is 40.4. The number of fused-ring (bicyclic) bond motifs is 1. The first-order chi connectivity index (χ1) is 14.1. The van der Waals surface area contributed by atoms with Crippen LogP contribution in [0, 0.1) is 0 Å². The highest BCUT2D eigenvalue weighted by Gasteiger charge is 2.61. The molecule has 3 rings (SSSR count). The van der Waals surface area contributed by atoms with Crippen LogP contribution in [0.5, 0.6) is 0 Å². The second-order valence-electron chi connectivity index (χ2n) is 6.73. The number of hydrogen-bond acceptors (Lipinski definition) is 10. The Labute approximate surface area is 169 Å². The Morgan fingerprint density at radius 1 is 1.57 bits per heavy atom. The Kier molecular flexibility index (Phi) is 6.18. The van der Waals surface area contributed by atoms with Crippen LogP contribution in [0.3, 0.4) is 0 Å². The summed E-state index contributed by atoms with van der Waals surface area (Å²) in [5.41, 5.74) is 6.08. The first-order valence-electron chi connectivity index (χ1n) is 8.94. The maximum absolute atomic E-state index is 13.0. The Bertz CT molecular complexity index is 1030. The number of phosphoric ester groups is 1. The lowest BCUT2D eigenvalue weighted by atomic mass is 9.93. The molecule has 0 bridgehead atoms. The molecule has 0 amide bonds. The van der Waals surface area contributed by atoms with Gasteiger partial charge in [-0.3, -0.25) is 27.9 Å². The molecule has 0 aliphatic carbocycles. The van der Waals surface area contributed by atoms with Crippen molar-refractivity contribution in [3.8, 4) is 0 Å². The number of carbonyl (C=O) groups excluding carboxylic acids is 1. The van der Waals surface area contributed by atoms with E-state index in [2.05, 4.69) is 15.0 Å².